The van der Waals surface area contributed by atoms with Gasteiger partial charge in [0.1, 0.15) is 5.70 Å². The lowest BCUT2D eigenvalue weighted by atomic mass is 10.1. The van der Waals surface area contributed by atoms with Gasteiger partial charge >= 0.3 is 0 Å². The fourth-order valence-corrected chi connectivity index (χ4v) is 2.32. The number of rotatable bonds is 6. The highest BCUT2D eigenvalue weighted by Crippen LogP contribution is 2.21. The van der Waals surface area contributed by atoms with Gasteiger partial charge in [0.2, 0.25) is 0 Å². The molecule has 0 fully saturated rings. The minimum absolute atomic E-state index is 0.0383. The van der Waals surface area contributed by atoms with Crippen molar-refractivity contribution >= 4 is 23.9 Å². The number of nitrogens with two attached hydrogens (primary N) is 1. The molecule has 0 saturated heterocycles. The Balaban J connectivity index is 2.37. The molecule has 2 aromatic rings. The van der Waals surface area contributed by atoms with Crippen LogP contribution in [0.2, 0.25) is 0 Å². The number of nitrogens with one attached hydrogen (secondary N) is 1. The smallest absolute Gasteiger partial charge is 0.184 e. The Hall–Kier alpha value is -2.92. The molecule has 0 aromatic heterocycles. The van der Waals surface area contributed by atoms with E-state index in [4.69, 9.17) is 5.73 Å². The quantitative estimate of drug-likeness (QED) is 0.425. The van der Waals surface area contributed by atoms with E-state index in [9.17, 15) is 5.11 Å². The predicted molar refractivity (Wildman–Crippen MR) is 106 cm³/mol. The molecule has 0 aliphatic heterocycles. The Labute approximate surface area is 148 Å². The summed E-state index contributed by atoms with van der Waals surface area (Å²) < 4.78 is 0. The third kappa shape index (κ3) is 4.78. The SMILES string of the molecule is C=N/C(=C(/O)C(=NCC)Nc1ccc(CN)cc1)c1ccc(C)cc1. The highest BCUT2D eigenvalue weighted by molar-refractivity contribution is 6.10. The van der Waals surface area contributed by atoms with Gasteiger partial charge < -0.3 is 16.2 Å². The molecular formula is C20H24N4O. The summed E-state index contributed by atoms with van der Waals surface area (Å²) in [5.41, 5.74) is 9.76. The number of amidine groups is 1. The maximum Gasteiger partial charge on any atom is 0.184 e. The fourth-order valence-electron chi connectivity index (χ4n) is 2.32. The van der Waals surface area contributed by atoms with E-state index >= 15 is 0 Å². The van der Waals surface area contributed by atoms with Crippen molar-refractivity contribution in [1.29, 1.82) is 0 Å². The van der Waals surface area contributed by atoms with Gasteiger partial charge in [0, 0.05) is 24.3 Å². The Morgan fingerprint density at radius 3 is 2.28 bits per heavy atom. The first-order chi connectivity index (χ1) is 12.1. The molecule has 2 rings (SSSR count). The normalized spacial score (nSPS) is 12.5. The highest BCUT2D eigenvalue weighted by atomic mass is 16.3. The van der Waals surface area contributed by atoms with Crippen LogP contribution >= 0.6 is 0 Å². The van der Waals surface area contributed by atoms with E-state index in [1.807, 2.05) is 62.4 Å². The summed E-state index contributed by atoms with van der Waals surface area (Å²) in [5.74, 6) is 0.314. The number of aliphatic hydroxyl groups is 1. The van der Waals surface area contributed by atoms with Crippen LogP contribution < -0.4 is 11.1 Å². The van der Waals surface area contributed by atoms with Gasteiger partial charge in [-0.15, -0.1) is 0 Å². The van der Waals surface area contributed by atoms with E-state index in [0.717, 1.165) is 22.4 Å². The summed E-state index contributed by atoms with van der Waals surface area (Å²) in [5, 5.41) is 13.9. The number of benzene rings is 2. The molecule has 0 spiro atoms. The number of aliphatic imine (C=N–C) groups is 2. The second-order valence-corrected chi connectivity index (χ2v) is 5.57. The van der Waals surface area contributed by atoms with Gasteiger partial charge in [0.05, 0.1) is 0 Å². The van der Waals surface area contributed by atoms with Crippen molar-refractivity contribution in [2.24, 2.45) is 15.7 Å². The highest BCUT2D eigenvalue weighted by Gasteiger charge is 2.14. The van der Waals surface area contributed by atoms with Crippen LogP contribution in [0.15, 0.2) is 64.3 Å². The van der Waals surface area contributed by atoms with Gasteiger partial charge in [-0.05, 0) is 38.3 Å². The van der Waals surface area contributed by atoms with Crippen molar-refractivity contribution in [2.45, 2.75) is 20.4 Å². The van der Waals surface area contributed by atoms with E-state index in [1.165, 1.54) is 0 Å². The zero-order chi connectivity index (χ0) is 18.2. The van der Waals surface area contributed by atoms with Crippen molar-refractivity contribution < 1.29 is 5.11 Å². The maximum absolute atomic E-state index is 10.7. The first-order valence-electron chi connectivity index (χ1n) is 8.16. The average Bonchev–Trinajstić information content (AvgIpc) is 2.64. The molecule has 130 valence electrons. The van der Waals surface area contributed by atoms with E-state index in [1.54, 1.807) is 0 Å². The van der Waals surface area contributed by atoms with Gasteiger partial charge in [-0.2, -0.15) is 0 Å². The minimum atomic E-state index is -0.0383. The van der Waals surface area contributed by atoms with Crippen molar-refractivity contribution in [2.75, 3.05) is 11.9 Å². The molecule has 4 N–H and O–H groups in total. The topological polar surface area (TPSA) is 83.0 Å². The maximum atomic E-state index is 10.7. The van der Waals surface area contributed by atoms with Crippen LogP contribution in [0.25, 0.3) is 5.70 Å². The monoisotopic (exact) mass is 336 g/mol. The number of hydrogen-bond acceptors (Lipinski definition) is 4. The van der Waals surface area contributed by atoms with Gasteiger partial charge in [0.25, 0.3) is 0 Å². The number of aliphatic hydroxyl groups excluding tert-OH is 1. The zero-order valence-electron chi connectivity index (χ0n) is 14.7. The summed E-state index contributed by atoms with van der Waals surface area (Å²) in [4.78, 5) is 8.36. The molecule has 0 bridgehead atoms. The van der Waals surface area contributed by atoms with Gasteiger partial charge in [-0.3, -0.25) is 9.98 Å². The molecule has 0 amide bonds. The molecule has 0 saturated carbocycles. The summed E-state index contributed by atoms with van der Waals surface area (Å²) in [6, 6.07) is 15.4. The van der Waals surface area contributed by atoms with Crippen LogP contribution in [-0.4, -0.2) is 24.2 Å². The Kier molecular flexibility index (Phi) is 6.48. The van der Waals surface area contributed by atoms with Crippen molar-refractivity contribution in [3.63, 3.8) is 0 Å². The van der Waals surface area contributed by atoms with Crippen LogP contribution in [0.4, 0.5) is 5.69 Å². The molecular weight excluding hydrogens is 312 g/mol. The Morgan fingerprint density at radius 1 is 1.12 bits per heavy atom. The summed E-state index contributed by atoms with van der Waals surface area (Å²) >= 11 is 0. The number of anilines is 1. The largest absolute Gasteiger partial charge is 0.503 e. The average molecular weight is 336 g/mol. The van der Waals surface area contributed by atoms with E-state index in [2.05, 4.69) is 22.0 Å². The standard InChI is InChI=1S/C20H24N4O/c1-4-23-20(24-17-11-7-15(13-21)8-12-17)19(25)18(22-3)16-9-5-14(2)6-10-16/h5-12,25H,3-4,13,21H2,1-2H3,(H,23,24)/b19-18+. The van der Waals surface area contributed by atoms with E-state index in [-0.39, 0.29) is 5.76 Å². The molecule has 0 heterocycles. The van der Waals surface area contributed by atoms with Gasteiger partial charge in [0.15, 0.2) is 11.6 Å². The molecule has 0 radical (unpaired) electrons. The van der Waals surface area contributed by atoms with Gasteiger partial charge in [-0.25, -0.2) is 0 Å². The third-order valence-electron chi connectivity index (χ3n) is 3.70. The molecule has 5 nitrogen and oxygen atoms in total. The first kappa shape index (κ1) is 18.4. The summed E-state index contributed by atoms with van der Waals surface area (Å²) in [6.45, 7) is 8.50. The van der Waals surface area contributed by atoms with Crippen LogP contribution in [-0.2, 0) is 6.54 Å². The summed E-state index contributed by atoms with van der Waals surface area (Å²) in [6.07, 6.45) is 0. The van der Waals surface area contributed by atoms with Crippen LogP contribution in [0.3, 0.4) is 0 Å². The second kappa shape index (κ2) is 8.80. The number of nitrogens with zero attached hydrogens (tertiary/aromatic N) is 2. The molecule has 0 unspecified atom stereocenters. The fraction of sp³-hybridized carbons (Fsp3) is 0.200. The van der Waals surface area contributed by atoms with Crippen molar-refractivity contribution in [3.8, 4) is 0 Å². The van der Waals surface area contributed by atoms with E-state index < -0.39 is 0 Å². The molecule has 0 atom stereocenters. The van der Waals surface area contributed by atoms with Gasteiger partial charge in [-0.1, -0.05) is 42.0 Å². The Morgan fingerprint density at radius 2 is 1.76 bits per heavy atom. The number of aryl methyl sites for hydroxylation is 1. The number of hydrogen-bond donors (Lipinski definition) is 3. The second-order valence-electron chi connectivity index (χ2n) is 5.57. The Bertz CT molecular complexity index is 774. The lowest BCUT2D eigenvalue weighted by Crippen LogP contribution is -2.17. The lowest BCUT2D eigenvalue weighted by Gasteiger charge is -2.13. The van der Waals surface area contributed by atoms with Crippen LogP contribution in [0.1, 0.15) is 23.6 Å². The van der Waals surface area contributed by atoms with Crippen molar-refractivity contribution in [3.05, 3.63) is 71.0 Å². The van der Waals surface area contributed by atoms with E-state index in [0.29, 0.717) is 24.6 Å². The molecule has 0 aliphatic carbocycles. The molecule has 2 aromatic carbocycles. The lowest BCUT2D eigenvalue weighted by molar-refractivity contribution is 0.444. The molecule has 25 heavy (non-hydrogen) atoms. The van der Waals surface area contributed by atoms with Crippen LogP contribution in [0.5, 0.6) is 0 Å². The zero-order valence-corrected chi connectivity index (χ0v) is 14.7. The molecule has 5 heteroatoms. The first-order valence-corrected chi connectivity index (χ1v) is 8.16. The predicted octanol–water partition coefficient (Wildman–Crippen LogP) is 3.91. The third-order valence-corrected chi connectivity index (χ3v) is 3.70. The summed E-state index contributed by atoms with van der Waals surface area (Å²) in [7, 11) is 0. The van der Waals surface area contributed by atoms with Crippen LogP contribution in [0, 0.1) is 6.92 Å². The van der Waals surface area contributed by atoms with Crippen molar-refractivity contribution in [1.82, 2.24) is 0 Å². The minimum Gasteiger partial charge on any atom is -0.503 e. The molecule has 0 aliphatic rings.